The second kappa shape index (κ2) is 10.1. The van der Waals surface area contributed by atoms with Crippen LogP contribution in [0.1, 0.15) is 6.92 Å². The van der Waals surface area contributed by atoms with E-state index in [1.54, 1.807) is 0 Å². The van der Waals surface area contributed by atoms with Crippen LogP contribution in [0.25, 0.3) is 0 Å². The average molecular weight is 424 g/mol. The molecule has 0 aromatic rings. The molecular weight excluding hydrogens is 396 g/mol. The lowest BCUT2D eigenvalue weighted by Crippen LogP contribution is -2.59. The van der Waals surface area contributed by atoms with Crippen LogP contribution in [0, 0.1) is 11.8 Å². The van der Waals surface area contributed by atoms with E-state index < -0.39 is 72.8 Å². The third-order valence-electron chi connectivity index (χ3n) is 5.31. The lowest BCUT2D eigenvalue weighted by Gasteiger charge is -2.41. The highest BCUT2D eigenvalue weighted by Gasteiger charge is 2.49. The van der Waals surface area contributed by atoms with Gasteiger partial charge in [-0.15, -0.1) is 0 Å². The Kier molecular flexibility index (Phi) is 8.31. The molecule has 168 valence electrons. The van der Waals surface area contributed by atoms with Gasteiger partial charge in [-0.3, -0.25) is 0 Å². The second-order valence-electron chi connectivity index (χ2n) is 7.14. The summed E-state index contributed by atoms with van der Waals surface area (Å²) in [4.78, 5) is 23.3. The summed E-state index contributed by atoms with van der Waals surface area (Å²) < 4.78 is 25.5. The maximum Gasteiger partial charge on any atom is 0.335 e. The summed E-state index contributed by atoms with van der Waals surface area (Å²) in [5, 5.41) is 49.9. The zero-order chi connectivity index (χ0) is 21.9. The molecule has 0 radical (unpaired) electrons. The number of ether oxygens (including phenoxy) is 5. The van der Waals surface area contributed by atoms with Gasteiger partial charge in [-0.05, 0) is 0 Å². The Morgan fingerprint density at radius 3 is 2.10 bits per heavy atom. The number of aliphatic hydroxyl groups excluding tert-OH is 4. The van der Waals surface area contributed by atoms with Crippen LogP contribution in [0.3, 0.4) is 0 Å². The monoisotopic (exact) mass is 424 g/mol. The lowest BCUT2D eigenvalue weighted by atomic mass is 9.88. The molecular formula is C17H28O12. The first-order valence-corrected chi connectivity index (χ1v) is 9.08. The van der Waals surface area contributed by atoms with Gasteiger partial charge in [0.15, 0.2) is 18.5 Å². The number of carboxylic acid groups (broad SMARTS) is 1. The van der Waals surface area contributed by atoms with Gasteiger partial charge in [0.25, 0.3) is 0 Å². The molecule has 2 rings (SSSR count). The molecule has 2 saturated heterocycles. The van der Waals surface area contributed by atoms with Gasteiger partial charge in [0, 0.05) is 18.9 Å². The number of methoxy groups -OCH3 is 2. The van der Waals surface area contributed by atoms with Crippen molar-refractivity contribution in [2.45, 2.75) is 55.9 Å². The maximum atomic E-state index is 11.8. The van der Waals surface area contributed by atoms with Gasteiger partial charge in [-0.25, -0.2) is 9.59 Å². The molecule has 0 spiro atoms. The normalized spacial score (nSPS) is 43.0. The highest BCUT2D eigenvalue weighted by atomic mass is 16.7. The third-order valence-corrected chi connectivity index (χ3v) is 5.31. The minimum Gasteiger partial charge on any atom is -0.479 e. The molecule has 29 heavy (non-hydrogen) atoms. The molecule has 12 nitrogen and oxygen atoms in total. The van der Waals surface area contributed by atoms with E-state index >= 15 is 0 Å². The van der Waals surface area contributed by atoms with Crippen molar-refractivity contribution in [3.63, 3.8) is 0 Å². The van der Waals surface area contributed by atoms with E-state index in [2.05, 4.69) is 4.74 Å². The highest BCUT2D eigenvalue weighted by molar-refractivity contribution is 5.75. The van der Waals surface area contributed by atoms with Crippen molar-refractivity contribution in [1.29, 1.82) is 0 Å². The number of carbonyl (C=O) groups is 2. The van der Waals surface area contributed by atoms with Crippen LogP contribution >= 0.6 is 0 Å². The van der Waals surface area contributed by atoms with E-state index in [1.807, 2.05) is 0 Å². The van der Waals surface area contributed by atoms with E-state index in [0.717, 1.165) is 7.11 Å². The van der Waals surface area contributed by atoms with Crippen molar-refractivity contribution in [1.82, 2.24) is 0 Å². The topological polar surface area (TPSA) is 181 Å². The number of carboxylic acids is 1. The Morgan fingerprint density at radius 2 is 1.55 bits per heavy atom. The highest BCUT2D eigenvalue weighted by Crippen LogP contribution is 2.29. The van der Waals surface area contributed by atoms with Crippen molar-refractivity contribution in [3.8, 4) is 0 Å². The molecule has 0 bridgehead atoms. The molecule has 0 amide bonds. The summed E-state index contributed by atoms with van der Waals surface area (Å²) in [5.41, 5.74) is 0. The van der Waals surface area contributed by atoms with Gasteiger partial charge >= 0.3 is 11.9 Å². The molecule has 5 N–H and O–H groups in total. The maximum absolute atomic E-state index is 11.8. The third kappa shape index (κ3) is 5.03. The van der Waals surface area contributed by atoms with Crippen LogP contribution in [0.15, 0.2) is 0 Å². The zero-order valence-corrected chi connectivity index (χ0v) is 16.3. The number of rotatable bonds is 7. The van der Waals surface area contributed by atoms with Crippen LogP contribution in [-0.4, -0.2) is 114 Å². The number of aliphatic hydroxyl groups is 4. The van der Waals surface area contributed by atoms with E-state index in [0.29, 0.717) is 0 Å². The summed E-state index contributed by atoms with van der Waals surface area (Å²) in [6.45, 7) is 0.831. The predicted octanol–water partition coefficient (Wildman–Crippen LogP) is -2.90. The fourth-order valence-electron chi connectivity index (χ4n) is 3.49. The van der Waals surface area contributed by atoms with E-state index in [4.69, 9.17) is 18.9 Å². The Labute approximate surface area is 166 Å². The van der Waals surface area contributed by atoms with E-state index in [-0.39, 0.29) is 13.2 Å². The van der Waals surface area contributed by atoms with Gasteiger partial charge < -0.3 is 49.2 Å². The first-order chi connectivity index (χ1) is 13.6. The van der Waals surface area contributed by atoms with Gasteiger partial charge in [0.1, 0.15) is 18.3 Å². The van der Waals surface area contributed by atoms with Crippen molar-refractivity contribution >= 4 is 11.9 Å². The minimum absolute atomic E-state index is 0.322. The second-order valence-corrected chi connectivity index (χ2v) is 7.14. The van der Waals surface area contributed by atoms with Crippen molar-refractivity contribution in [2.24, 2.45) is 11.8 Å². The molecule has 0 aromatic carbocycles. The largest absolute Gasteiger partial charge is 0.479 e. The summed E-state index contributed by atoms with van der Waals surface area (Å²) >= 11 is 0. The number of esters is 1. The summed E-state index contributed by atoms with van der Waals surface area (Å²) in [6, 6.07) is 0. The fourth-order valence-corrected chi connectivity index (χ4v) is 3.49. The van der Waals surface area contributed by atoms with Crippen LogP contribution in [-0.2, 0) is 33.3 Å². The smallest absolute Gasteiger partial charge is 0.335 e. The van der Waals surface area contributed by atoms with Gasteiger partial charge in [0.05, 0.1) is 32.5 Å². The molecule has 0 saturated carbocycles. The number of hydrogen-bond acceptors (Lipinski definition) is 11. The quantitative estimate of drug-likeness (QED) is 0.263. The SMILES string of the molecule is COC(=O)C1OC(COCC2C(C(=O)O)OC(OC)C(O)C2O)C(O)C(O)C1C. The van der Waals surface area contributed by atoms with Crippen LogP contribution in [0.2, 0.25) is 0 Å². The van der Waals surface area contributed by atoms with Crippen molar-refractivity contribution in [2.75, 3.05) is 27.4 Å². The summed E-state index contributed by atoms with van der Waals surface area (Å²) in [6.07, 6.45) is -10.7. The Balaban J connectivity index is 2.01. The molecule has 2 aliphatic rings. The fraction of sp³-hybridized carbons (Fsp3) is 0.882. The molecule has 0 aliphatic carbocycles. The van der Waals surface area contributed by atoms with E-state index in [9.17, 15) is 35.1 Å². The standard InChI is InChI=1S/C17H28O12/c1-6-9(18)11(20)8(28-13(6)16(24)25-2)5-27-4-7-10(19)12(21)17(26-3)29-14(7)15(22)23/h6-14,17-21H,4-5H2,1-3H3,(H,22,23). The summed E-state index contributed by atoms with van der Waals surface area (Å²) in [5.74, 6) is -3.96. The van der Waals surface area contributed by atoms with Crippen LogP contribution < -0.4 is 0 Å². The predicted molar refractivity (Wildman–Crippen MR) is 91.5 cm³/mol. The minimum atomic E-state index is -1.51. The molecule has 10 unspecified atom stereocenters. The molecule has 2 aliphatic heterocycles. The van der Waals surface area contributed by atoms with Crippen LogP contribution in [0.4, 0.5) is 0 Å². The Morgan fingerprint density at radius 1 is 0.897 bits per heavy atom. The summed E-state index contributed by atoms with van der Waals surface area (Å²) in [7, 11) is 2.36. The number of hydrogen-bond donors (Lipinski definition) is 5. The first-order valence-electron chi connectivity index (χ1n) is 9.08. The zero-order valence-electron chi connectivity index (χ0n) is 16.3. The van der Waals surface area contributed by atoms with Crippen molar-refractivity contribution < 1.29 is 58.8 Å². The number of carbonyl (C=O) groups excluding carboxylic acids is 1. The van der Waals surface area contributed by atoms with Gasteiger partial charge in [0.2, 0.25) is 0 Å². The molecule has 10 atom stereocenters. The first kappa shape index (κ1) is 23.9. The molecule has 0 aromatic heterocycles. The molecule has 12 heteroatoms. The molecule has 2 fully saturated rings. The Bertz CT molecular complexity index is 571. The van der Waals surface area contributed by atoms with E-state index in [1.165, 1.54) is 14.0 Å². The average Bonchev–Trinajstić information content (AvgIpc) is 2.70. The number of aliphatic carboxylic acids is 1. The van der Waals surface area contributed by atoms with Crippen LogP contribution in [0.5, 0.6) is 0 Å². The lowest BCUT2D eigenvalue weighted by molar-refractivity contribution is -0.282. The van der Waals surface area contributed by atoms with Gasteiger partial charge in [-0.2, -0.15) is 0 Å². The Hall–Kier alpha value is -1.38. The molecule has 2 heterocycles. The van der Waals surface area contributed by atoms with Crippen molar-refractivity contribution in [3.05, 3.63) is 0 Å². The van der Waals surface area contributed by atoms with Gasteiger partial charge in [-0.1, -0.05) is 6.92 Å².